The van der Waals surface area contributed by atoms with Gasteiger partial charge in [0.05, 0.1) is 42.7 Å². The average Bonchev–Trinajstić information content (AvgIpc) is 3.51. The van der Waals surface area contributed by atoms with E-state index in [4.69, 9.17) is 9.47 Å². The first-order chi connectivity index (χ1) is 16.6. The van der Waals surface area contributed by atoms with Crippen molar-refractivity contribution < 1.29 is 9.47 Å². The quantitative estimate of drug-likeness (QED) is 0.621. The van der Waals surface area contributed by atoms with Crippen LogP contribution >= 0.6 is 0 Å². The third-order valence-electron chi connectivity index (χ3n) is 7.34. The van der Waals surface area contributed by atoms with E-state index in [1.54, 1.807) is 4.68 Å². The van der Waals surface area contributed by atoms with Crippen molar-refractivity contribution in [2.24, 2.45) is 18.9 Å². The van der Waals surface area contributed by atoms with E-state index in [0.29, 0.717) is 54.8 Å². The number of nitrogens with one attached hydrogen (secondary N) is 1. The predicted molar refractivity (Wildman–Crippen MR) is 127 cm³/mol. The average molecular weight is 460 g/mol. The highest BCUT2D eigenvalue weighted by Gasteiger charge is 2.41. The second-order valence-electron chi connectivity index (χ2n) is 9.80. The first kappa shape index (κ1) is 21.5. The number of anilines is 1. The molecule has 3 fully saturated rings. The molecule has 1 aliphatic carbocycles. The van der Waals surface area contributed by atoms with Crippen molar-refractivity contribution in [1.29, 1.82) is 5.26 Å². The van der Waals surface area contributed by atoms with Crippen molar-refractivity contribution in [3.05, 3.63) is 36.0 Å². The molecule has 176 valence electrons. The molecule has 4 heterocycles. The zero-order valence-electron chi connectivity index (χ0n) is 19.4. The molecule has 0 radical (unpaired) electrons. The molecular weight excluding hydrogens is 430 g/mol. The van der Waals surface area contributed by atoms with Gasteiger partial charge < -0.3 is 19.7 Å². The Morgan fingerprint density at radius 1 is 1.15 bits per heavy atom. The lowest BCUT2D eigenvalue weighted by Crippen LogP contribution is -2.39. The van der Waals surface area contributed by atoms with Gasteiger partial charge in [0.25, 0.3) is 0 Å². The molecule has 1 saturated carbocycles. The fourth-order valence-electron chi connectivity index (χ4n) is 5.82. The molecule has 3 aliphatic rings. The molecule has 9 nitrogen and oxygen atoms in total. The van der Waals surface area contributed by atoms with E-state index in [-0.39, 0.29) is 6.10 Å². The van der Waals surface area contributed by atoms with Crippen LogP contribution in [-0.2, 0) is 16.5 Å². The van der Waals surface area contributed by atoms with Crippen LogP contribution < -0.4 is 5.32 Å². The zero-order valence-corrected chi connectivity index (χ0v) is 19.4. The van der Waals surface area contributed by atoms with Crippen molar-refractivity contribution in [2.75, 3.05) is 44.8 Å². The van der Waals surface area contributed by atoms with Gasteiger partial charge in [0.15, 0.2) is 5.82 Å². The second-order valence-corrected chi connectivity index (χ2v) is 9.80. The van der Waals surface area contributed by atoms with E-state index in [1.165, 1.54) is 0 Å². The Morgan fingerprint density at radius 3 is 2.76 bits per heavy atom. The van der Waals surface area contributed by atoms with Gasteiger partial charge in [0.1, 0.15) is 6.07 Å². The summed E-state index contributed by atoms with van der Waals surface area (Å²) in [5.41, 5.74) is 3.09. The normalized spacial score (nSPS) is 27.1. The number of aromatic nitrogens is 4. The summed E-state index contributed by atoms with van der Waals surface area (Å²) in [5.74, 6) is 1.93. The minimum Gasteiger partial charge on any atom is -0.376 e. The van der Waals surface area contributed by atoms with Gasteiger partial charge in [-0.2, -0.15) is 10.4 Å². The number of nitrogens with zero attached hydrogens (tertiary/aromatic N) is 6. The van der Waals surface area contributed by atoms with Crippen LogP contribution in [0.1, 0.15) is 18.4 Å². The number of hydrogen-bond donors (Lipinski definition) is 1. The number of fused-ring (bicyclic) bond motifs is 2. The highest BCUT2D eigenvalue weighted by molar-refractivity contribution is 5.83. The highest BCUT2D eigenvalue weighted by atomic mass is 16.6. The maximum Gasteiger partial charge on any atom is 0.166 e. The third kappa shape index (κ3) is 4.25. The van der Waals surface area contributed by atoms with Crippen molar-refractivity contribution in [3.63, 3.8) is 0 Å². The van der Waals surface area contributed by atoms with Gasteiger partial charge >= 0.3 is 0 Å². The van der Waals surface area contributed by atoms with Gasteiger partial charge in [-0.3, -0.25) is 4.68 Å². The Morgan fingerprint density at radius 2 is 2.00 bits per heavy atom. The Balaban J connectivity index is 1.10. The summed E-state index contributed by atoms with van der Waals surface area (Å²) in [5, 5.41) is 27.6. The van der Waals surface area contributed by atoms with Gasteiger partial charge in [-0.25, -0.2) is 0 Å². The summed E-state index contributed by atoms with van der Waals surface area (Å²) >= 11 is 0. The van der Waals surface area contributed by atoms with E-state index in [2.05, 4.69) is 31.6 Å². The van der Waals surface area contributed by atoms with Crippen LogP contribution in [0.3, 0.4) is 0 Å². The number of aryl methyl sites for hydroxylation is 1. The molecule has 1 aromatic carbocycles. The van der Waals surface area contributed by atoms with Crippen molar-refractivity contribution >= 4 is 16.7 Å². The largest absolute Gasteiger partial charge is 0.376 e. The Bertz CT molecular complexity index is 1220. The third-order valence-corrected chi connectivity index (χ3v) is 7.34. The van der Waals surface area contributed by atoms with Gasteiger partial charge in [-0.05, 0) is 42.9 Å². The molecule has 3 aromatic rings. The lowest BCUT2D eigenvalue weighted by atomic mass is 10.0. The smallest absolute Gasteiger partial charge is 0.166 e. The number of nitriles is 1. The Hall–Kier alpha value is -3.06. The SMILES string of the molecule is Cn1cc2cc(-c3cc(C#N)c(NC4C[C@@H]5CN(C[C@@H]6COCCO6)C[C@@H]5C4)nn3)ccc2n1. The van der Waals surface area contributed by atoms with Crippen LogP contribution in [0.5, 0.6) is 0 Å². The lowest BCUT2D eigenvalue weighted by molar-refractivity contribution is -0.0964. The minimum atomic E-state index is 0.201. The molecule has 34 heavy (non-hydrogen) atoms. The molecule has 0 amide bonds. The summed E-state index contributed by atoms with van der Waals surface area (Å²) in [6, 6.07) is 10.4. The van der Waals surface area contributed by atoms with Crippen molar-refractivity contribution in [2.45, 2.75) is 25.0 Å². The maximum absolute atomic E-state index is 9.79. The maximum atomic E-state index is 9.79. The first-order valence-electron chi connectivity index (χ1n) is 12.0. The molecular formula is C25H29N7O2. The van der Waals surface area contributed by atoms with E-state index >= 15 is 0 Å². The zero-order chi connectivity index (χ0) is 23.1. The summed E-state index contributed by atoms with van der Waals surface area (Å²) in [7, 11) is 1.91. The molecule has 4 atom stereocenters. The number of ether oxygens (including phenoxy) is 2. The number of likely N-dealkylation sites (tertiary alicyclic amines) is 1. The van der Waals surface area contributed by atoms with E-state index in [1.807, 2.05) is 37.5 Å². The van der Waals surface area contributed by atoms with Crippen LogP contribution in [-0.4, -0.2) is 76.5 Å². The molecule has 6 rings (SSSR count). The first-order valence-corrected chi connectivity index (χ1v) is 12.0. The summed E-state index contributed by atoms with van der Waals surface area (Å²) < 4.78 is 13.2. The highest BCUT2D eigenvalue weighted by Crippen LogP contribution is 2.39. The lowest BCUT2D eigenvalue weighted by Gasteiger charge is -2.28. The fourth-order valence-corrected chi connectivity index (χ4v) is 5.82. The molecule has 1 unspecified atom stereocenters. The summed E-state index contributed by atoms with van der Waals surface area (Å²) in [6.07, 6.45) is 4.36. The number of hydrogen-bond acceptors (Lipinski definition) is 8. The standard InChI is InChI=1S/C25H29N7O2/c1-31-11-20-6-16(2-3-23(20)30-31)24-9-17(10-26)25(29-28-24)27-21-7-18-12-32(13-19(18)8-21)14-22-15-33-4-5-34-22/h2-3,6,9,11,18-19,21-22H,4-5,7-8,12-15H2,1H3,(H,27,29)/t18-,19+,21?,22-/m1/s1. The molecule has 1 N–H and O–H groups in total. The molecule has 0 bridgehead atoms. The van der Waals surface area contributed by atoms with E-state index in [0.717, 1.165) is 48.9 Å². The minimum absolute atomic E-state index is 0.201. The molecule has 2 aromatic heterocycles. The van der Waals surface area contributed by atoms with E-state index < -0.39 is 0 Å². The number of rotatable bonds is 5. The van der Waals surface area contributed by atoms with Gasteiger partial charge in [0, 0.05) is 49.9 Å². The molecule has 0 spiro atoms. The van der Waals surface area contributed by atoms with E-state index in [9.17, 15) is 5.26 Å². The van der Waals surface area contributed by atoms with Crippen molar-refractivity contribution in [1.82, 2.24) is 24.9 Å². The van der Waals surface area contributed by atoms with Crippen LogP contribution in [0.2, 0.25) is 0 Å². The van der Waals surface area contributed by atoms with Gasteiger partial charge in [-0.1, -0.05) is 6.07 Å². The summed E-state index contributed by atoms with van der Waals surface area (Å²) in [6.45, 7) is 5.30. The summed E-state index contributed by atoms with van der Waals surface area (Å²) in [4.78, 5) is 2.53. The van der Waals surface area contributed by atoms with Gasteiger partial charge in [-0.15, -0.1) is 10.2 Å². The number of benzene rings is 1. The van der Waals surface area contributed by atoms with Crippen LogP contribution in [0.4, 0.5) is 5.82 Å². The van der Waals surface area contributed by atoms with Gasteiger partial charge in [0.2, 0.25) is 0 Å². The van der Waals surface area contributed by atoms with Crippen LogP contribution in [0, 0.1) is 23.2 Å². The Kier molecular flexibility index (Phi) is 5.65. The second kappa shape index (κ2) is 8.95. The predicted octanol–water partition coefficient (Wildman–Crippen LogP) is 2.44. The van der Waals surface area contributed by atoms with Crippen LogP contribution in [0.15, 0.2) is 30.5 Å². The topological polar surface area (TPSA) is 101 Å². The van der Waals surface area contributed by atoms with Crippen molar-refractivity contribution in [3.8, 4) is 17.3 Å². The molecule has 2 aliphatic heterocycles. The molecule has 2 saturated heterocycles. The fraction of sp³-hybridized carbons (Fsp3) is 0.520. The molecule has 9 heteroatoms. The monoisotopic (exact) mass is 459 g/mol. The van der Waals surface area contributed by atoms with Crippen LogP contribution in [0.25, 0.3) is 22.2 Å². The Labute approximate surface area is 198 Å².